The fourth-order valence-electron chi connectivity index (χ4n) is 7.63. The number of allylic oxidation sites excluding steroid dienone is 1. The van der Waals surface area contributed by atoms with Gasteiger partial charge in [0.1, 0.15) is 18.7 Å². The lowest BCUT2D eigenvalue weighted by atomic mass is 9.97. The molecule has 0 unspecified atom stereocenters. The standard InChI is InChI=1S/C40H50BrN8O2P/c1-27-31(28-12-8-6-9-13-28)14-15-34(38(27)52(4,5)50)45-39-33(41)26-44-40(47-39)46-35-22-32(29(24-42)25-43-2)36(23-37(35)51-3)49-20-16-30(17-21-49)48-18-10-7-11-19-48/h6,8-9,12-15,22-26,30,42-43H,7,10-11,16-21H2,1-5H3,(H2,44,45,46,47)/b29-25+,42-24?. The maximum absolute atomic E-state index is 13.7. The molecule has 0 atom stereocenters. The zero-order chi connectivity index (χ0) is 36.8. The summed E-state index contributed by atoms with van der Waals surface area (Å²) in [6.45, 7) is 9.93. The summed E-state index contributed by atoms with van der Waals surface area (Å²) in [6, 6.07) is 18.9. The van der Waals surface area contributed by atoms with Gasteiger partial charge in [-0.2, -0.15) is 4.98 Å². The van der Waals surface area contributed by atoms with E-state index < -0.39 is 7.14 Å². The van der Waals surface area contributed by atoms with Crippen molar-refractivity contribution in [3.05, 3.63) is 82.6 Å². The van der Waals surface area contributed by atoms with Gasteiger partial charge in [0.2, 0.25) is 5.95 Å². The van der Waals surface area contributed by atoms with Crippen molar-refractivity contribution in [2.45, 2.75) is 45.1 Å². The van der Waals surface area contributed by atoms with Crippen molar-refractivity contribution in [2.24, 2.45) is 0 Å². The molecule has 2 aliphatic heterocycles. The number of rotatable bonds is 12. The summed E-state index contributed by atoms with van der Waals surface area (Å²) in [5, 5.41) is 19.0. The first-order chi connectivity index (χ1) is 25.1. The maximum Gasteiger partial charge on any atom is 0.229 e. The molecule has 0 bridgehead atoms. The van der Waals surface area contributed by atoms with Crippen LogP contribution in [-0.2, 0) is 4.57 Å². The Morgan fingerprint density at radius 2 is 1.73 bits per heavy atom. The van der Waals surface area contributed by atoms with Crippen molar-refractivity contribution in [3.63, 3.8) is 0 Å². The molecule has 52 heavy (non-hydrogen) atoms. The van der Waals surface area contributed by atoms with Gasteiger partial charge < -0.3 is 40.5 Å². The Labute approximate surface area is 316 Å². The van der Waals surface area contributed by atoms with Gasteiger partial charge in [0.15, 0.2) is 0 Å². The molecule has 274 valence electrons. The molecule has 0 radical (unpaired) electrons. The molecule has 0 saturated carbocycles. The van der Waals surface area contributed by atoms with Gasteiger partial charge in [-0.3, -0.25) is 0 Å². The minimum absolute atomic E-state index is 0.356. The number of benzene rings is 3. The summed E-state index contributed by atoms with van der Waals surface area (Å²) in [4.78, 5) is 14.6. The first kappa shape index (κ1) is 37.6. The predicted octanol–water partition coefficient (Wildman–Crippen LogP) is 8.62. The summed E-state index contributed by atoms with van der Waals surface area (Å²) < 4.78 is 20.4. The van der Waals surface area contributed by atoms with Gasteiger partial charge in [0.25, 0.3) is 0 Å². The van der Waals surface area contributed by atoms with E-state index in [2.05, 4.69) is 70.9 Å². The number of aromatic nitrogens is 2. The molecule has 6 rings (SSSR count). The van der Waals surface area contributed by atoms with Crippen LogP contribution in [-0.4, -0.2) is 80.8 Å². The van der Waals surface area contributed by atoms with E-state index in [4.69, 9.17) is 15.1 Å². The molecule has 12 heteroatoms. The molecular weight excluding hydrogens is 735 g/mol. The molecule has 4 N–H and O–H groups in total. The predicted molar refractivity (Wildman–Crippen MR) is 221 cm³/mol. The van der Waals surface area contributed by atoms with E-state index in [1.54, 1.807) is 26.6 Å². The smallest absolute Gasteiger partial charge is 0.229 e. The van der Waals surface area contributed by atoms with Gasteiger partial charge in [0, 0.05) is 73.0 Å². The third-order valence-corrected chi connectivity index (χ3v) is 12.3. The summed E-state index contributed by atoms with van der Waals surface area (Å²) in [6.07, 6.45) is 11.1. The topological polar surface area (TPSA) is 118 Å². The summed E-state index contributed by atoms with van der Waals surface area (Å²) in [7, 11) is 0.802. The second-order valence-electron chi connectivity index (χ2n) is 13.9. The van der Waals surface area contributed by atoms with Crippen molar-refractivity contribution < 1.29 is 9.30 Å². The number of anilines is 5. The van der Waals surface area contributed by atoms with E-state index in [1.807, 2.05) is 50.5 Å². The van der Waals surface area contributed by atoms with Gasteiger partial charge in [-0.1, -0.05) is 42.8 Å². The molecule has 4 aromatic rings. The van der Waals surface area contributed by atoms with E-state index >= 15 is 0 Å². The maximum atomic E-state index is 13.7. The van der Waals surface area contributed by atoms with Crippen LogP contribution in [0, 0.1) is 12.3 Å². The molecule has 3 heterocycles. The largest absolute Gasteiger partial charge is 0.494 e. The number of nitrogens with one attached hydrogen (secondary N) is 4. The van der Waals surface area contributed by atoms with Gasteiger partial charge in [0.05, 0.1) is 23.0 Å². The number of piperidine rings is 2. The third-order valence-electron chi connectivity index (χ3n) is 10.1. The van der Waals surface area contributed by atoms with Crippen LogP contribution in [0.4, 0.5) is 28.8 Å². The van der Waals surface area contributed by atoms with Crippen LogP contribution in [0.2, 0.25) is 0 Å². The SMILES string of the molecule is CN/C=C(\C=N)c1cc(Nc2ncc(Br)c(Nc3ccc(-c4ccccc4)c(C)c3P(C)(C)=O)n2)c(OC)cc1N1CCC(N2CCCCC2)CC1. The molecule has 2 fully saturated rings. The van der Waals surface area contributed by atoms with Gasteiger partial charge >= 0.3 is 0 Å². The number of hydrogen-bond donors (Lipinski definition) is 4. The summed E-state index contributed by atoms with van der Waals surface area (Å²) in [5.74, 6) is 1.54. The molecule has 0 spiro atoms. The first-order valence-electron chi connectivity index (χ1n) is 18.0. The molecule has 2 saturated heterocycles. The van der Waals surface area contributed by atoms with Crippen molar-refractivity contribution in [1.82, 2.24) is 20.2 Å². The Morgan fingerprint density at radius 1 is 1.00 bits per heavy atom. The normalized spacial score (nSPS) is 16.0. The second kappa shape index (κ2) is 16.7. The van der Waals surface area contributed by atoms with Gasteiger partial charge in [-0.25, -0.2) is 4.98 Å². The number of likely N-dealkylation sites (tertiary alicyclic amines) is 1. The van der Waals surface area contributed by atoms with Crippen LogP contribution in [0.15, 0.2) is 71.5 Å². The van der Waals surface area contributed by atoms with E-state index in [-0.39, 0.29) is 0 Å². The van der Waals surface area contributed by atoms with Crippen molar-refractivity contribution >= 4 is 69.0 Å². The van der Waals surface area contributed by atoms with Crippen LogP contribution >= 0.6 is 23.1 Å². The Balaban J connectivity index is 1.31. The zero-order valence-electron chi connectivity index (χ0n) is 30.8. The Bertz CT molecular complexity index is 1970. The summed E-state index contributed by atoms with van der Waals surface area (Å²) >= 11 is 3.63. The number of methoxy groups -OCH3 is 1. The average molecular weight is 786 g/mol. The number of halogens is 1. The quantitative estimate of drug-likeness (QED) is 0.0828. The van der Waals surface area contributed by atoms with E-state index in [0.717, 1.165) is 70.4 Å². The molecule has 0 amide bonds. The van der Waals surface area contributed by atoms with Gasteiger partial charge in [-0.15, -0.1) is 0 Å². The first-order valence-corrected chi connectivity index (χ1v) is 21.4. The molecule has 0 aliphatic carbocycles. The second-order valence-corrected chi connectivity index (χ2v) is 17.9. The fraction of sp³-hybridized carbons (Fsp3) is 0.375. The van der Waals surface area contributed by atoms with Gasteiger partial charge in [-0.05, 0) is 104 Å². The van der Waals surface area contributed by atoms with Crippen LogP contribution < -0.4 is 30.9 Å². The van der Waals surface area contributed by atoms with Crippen molar-refractivity contribution in [3.8, 4) is 16.9 Å². The van der Waals surface area contributed by atoms with E-state index in [9.17, 15) is 4.57 Å². The molecule has 10 nitrogen and oxygen atoms in total. The van der Waals surface area contributed by atoms with Crippen LogP contribution in [0.1, 0.15) is 43.2 Å². The lowest BCUT2D eigenvalue weighted by Crippen LogP contribution is -2.46. The minimum Gasteiger partial charge on any atom is -0.494 e. The number of nitrogens with zero attached hydrogens (tertiary/aromatic N) is 4. The summed E-state index contributed by atoms with van der Waals surface area (Å²) in [5.41, 5.74) is 7.21. The highest BCUT2D eigenvalue weighted by Crippen LogP contribution is 2.43. The zero-order valence-corrected chi connectivity index (χ0v) is 33.3. The highest BCUT2D eigenvalue weighted by atomic mass is 79.9. The van der Waals surface area contributed by atoms with Crippen molar-refractivity contribution in [1.29, 1.82) is 5.41 Å². The minimum atomic E-state index is -2.71. The highest BCUT2D eigenvalue weighted by Gasteiger charge is 2.28. The Hall–Kier alpha value is -4.18. The Morgan fingerprint density at radius 3 is 2.38 bits per heavy atom. The highest BCUT2D eigenvalue weighted by molar-refractivity contribution is 9.10. The van der Waals surface area contributed by atoms with Crippen LogP contribution in [0.3, 0.4) is 0 Å². The lowest BCUT2D eigenvalue weighted by Gasteiger charge is -2.41. The lowest BCUT2D eigenvalue weighted by molar-refractivity contribution is 0.141. The van der Waals surface area contributed by atoms with E-state index in [1.165, 1.54) is 38.6 Å². The average Bonchev–Trinajstić information content (AvgIpc) is 3.15. The molecule has 1 aromatic heterocycles. The van der Waals surface area contributed by atoms with Crippen LogP contribution in [0.25, 0.3) is 16.7 Å². The van der Waals surface area contributed by atoms with Crippen LogP contribution in [0.5, 0.6) is 5.75 Å². The number of ether oxygens (including phenoxy) is 1. The number of hydrogen-bond acceptors (Lipinski definition) is 10. The third kappa shape index (κ3) is 8.38. The monoisotopic (exact) mass is 784 g/mol. The molecule has 3 aromatic carbocycles. The molecular formula is C40H50BrN8O2P. The fourth-order valence-corrected chi connectivity index (χ4v) is 9.55. The van der Waals surface area contributed by atoms with E-state index in [0.29, 0.717) is 33.7 Å². The Kier molecular flexibility index (Phi) is 12.0. The van der Waals surface area contributed by atoms with Crippen molar-refractivity contribution in [2.75, 3.05) is 69.2 Å². The molecule has 2 aliphatic rings.